The van der Waals surface area contributed by atoms with Crippen molar-refractivity contribution in [3.05, 3.63) is 12.4 Å². The highest BCUT2D eigenvalue weighted by Crippen LogP contribution is 2.10. The van der Waals surface area contributed by atoms with Crippen LogP contribution in [0.1, 0.15) is 33.1 Å². The molecule has 0 radical (unpaired) electrons. The molecule has 0 aliphatic heterocycles. The fraction of sp³-hybridized carbons (Fsp3) is 0.538. The maximum absolute atomic E-state index is 5.46. The molecule has 0 atom stereocenters. The molecule has 1 heterocycles. The van der Waals surface area contributed by atoms with Gasteiger partial charge in [-0.2, -0.15) is 4.98 Å². The molecule has 0 fully saturated rings. The van der Waals surface area contributed by atoms with Gasteiger partial charge in [-0.05, 0) is 26.7 Å². The number of rotatable bonds is 7. The standard InChI is InChI=1S/C13H19N3O/c1-4-5-6-7-8-15-12-9-14-10-13(16-12)17-11(2)3/h1,9-11H,5-8H2,2-3H3,(H,15,16). The first kappa shape index (κ1) is 13.3. The highest BCUT2D eigenvalue weighted by atomic mass is 16.5. The van der Waals surface area contributed by atoms with Gasteiger partial charge in [0.2, 0.25) is 5.88 Å². The van der Waals surface area contributed by atoms with E-state index in [2.05, 4.69) is 21.2 Å². The van der Waals surface area contributed by atoms with Crippen molar-refractivity contribution in [2.45, 2.75) is 39.2 Å². The van der Waals surface area contributed by atoms with E-state index in [9.17, 15) is 0 Å². The molecule has 1 aromatic rings. The minimum Gasteiger partial charge on any atom is -0.474 e. The number of nitrogens with one attached hydrogen (secondary N) is 1. The van der Waals surface area contributed by atoms with Crippen LogP contribution in [0.5, 0.6) is 5.88 Å². The molecule has 0 aliphatic carbocycles. The summed E-state index contributed by atoms with van der Waals surface area (Å²) in [5.74, 6) is 3.91. The number of terminal acetylenes is 1. The van der Waals surface area contributed by atoms with Crippen molar-refractivity contribution in [1.29, 1.82) is 0 Å². The lowest BCUT2D eigenvalue weighted by Crippen LogP contribution is -2.09. The SMILES string of the molecule is C#CCCCCNc1cncc(OC(C)C)n1. The van der Waals surface area contributed by atoms with Gasteiger partial charge in [-0.3, -0.25) is 4.98 Å². The summed E-state index contributed by atoms with van der Waals surface area (Å²) in [5, 5.41) is 3.19. The molecular weight excluding hydrogens is 214 g/mol. The van der Waals surface area contributed by atoms with E-state index >= 15 is 0 Å². The summed E-state index contributed by atoms with van der Waals surface area (Å²) in [6.07, 6.45) is 11.5. The number of hydrogen-bond acceptors (Lipinski definition) is 4. The van der Waals surface area contributed by atoms with Crippen LogP contribution in [0.15, 0.2) is 12.4 Å². The molecule has 1 rings (SSSR count). The van der Waals surface area contributed by atoms with Gasteiger partial charge in [0.15, 0.2) is 0 Å². The van der Waals surface area contributed by atoms with Crippen molar-refractivity contribution in [1.82, 2.24) is 9.97 Å². The van der Waals surface area contributed by atoms with Crippen LogP contribution >= 0.6 is 0 Å². The van der Waals surface area contributed by atoms with Crippen LogP contribution < -0.4 is 10.1 Å². The van der Waals surface area contributed by atoms with Crippen LogP contribution in [0.2, 0.25) is 0 Å². The molecule has 17 heavy (non-hydrogen) atoms. The second-order valence-corrected chi connectivity index (χ2v) is 4.00. The molecule has 1 N–H and O–H groups in total. The molecule has 0 unspecified atom stereocenters. The lowest BCUT2D eigenvalue weighted by molar-refractivity contribution is 0.232. The Kier molecular flexibility index (Phi) is 5.87. The number of anilines is 1. The van der Waals surface area contributed by atoms with Gasteiger partial charge in [0.25, 0.3) is 0 Å². The topological polar surface area (TPSA) is 47.0 Å². The zero-order valence-electron chi connectivity index (χ0n) is 10.4. The summed E-state index contributed by atoms with van der Waals surface area (Å²) in [4.78, 5) is 8.36. The maximum Gasteiger partial charge on any atom is 0.234 e. The van der Waals surface area contributed by atoms with E-state index in [1.165, 1.54) is 0 Å². The molecule has 1 aromatic heterocycles. The number of nitrogens with zero attached hydrogens (tertiary/aromatic N) is 2. The first-order chi connectivity index (χ1) is 8.22. The largest absolute Gasteiger partial charge is 0.474 e. The van der Waals surface area contributed by atoms with E-state index in [0.29, 0.717) is 5.88 Å². The third-order valence-corrected chi connectivity index (χ3v) is 2.02. The third kappa shape index (κ3) is 5.76. The first-order valence-electron chi connectivity index (χ1n) is 5.88. The zero-order chi connectivity index (χ0) is 12.5. The molecule has 0 saturated carbocycles. The van der Waals surface area contributed by atoms with E-state index in [0.717, 1.165) is 31.6 Å². The Morgan fingerprint density at radius 1 is 1.41 bits per heavy atom. The van der Waals surface area contributed by atoms with Gasteiger partial charge < -0.3 is 10.1 Å². The van der Waals surface area contributed by atoms with Crippen LogP contribution in [0.3, 0.4) is 0 Å². The summed E-state index contributed by atoms with van der Waals surface area (Å²) in [6.45, 7) is 4.77. The molecular formula is C13H19N3O. The van der Waals surface area contributed by atoms with E-state index in [1.807, 2.05) is 13.8 Å². The zero-order valence-corrected chi connectivity index (χ0v) is 10.4. The van der Waals surface area contributed by atoms with Crippen molar-refractivity contribution >= 4 is 5.82 Å². The second kappa shape index (κ2) is 7.50. The van der Waals surface area contributed by atoms with Gasteiger partial charge in [0.1, 0.15) is 5.82 Å². The highest BCUT2D eigenvalue weighted by molar-refractivity contribution is 5.33. The molecule has 0 bridgehead atoms. The molecule has 0 amide bonds. The van der Waals surface area contributed by atoms with E-state index < -0.39 is 0 Å². The Balaban J connectivity index is 2.35. The lowest BCUT2D eigenvalue weighted by atomic mass is 10.2. The van der Waals surface area contributed by atoms with Crippen LogP contribution in [-0.4, -0.2) is 22.6 Å². The summed E-state index contributed by atoms with van der Waals surface area (Å²) in [5.41, 5.74) is 0. The minimum absolute atomic E-state index is 0.107. The first-order valence-corrected chi connectivity index (χ1v) is 5.88. The van der Waals surface area contributed by atoms with Crippen LogP contribution in [0.4, 0.5) is 5.82 Å². The average Bonchev–Trinajstić information content (AvgIpc) is 2.28. The smallest absolute Gasteiger partial charge is 0.234 e. The van der Waals surface area contributed by atoms with Crippen LogP contribution in [0, 0.1) is 12.3 Å². The van der Waals surface area contributed by atoms with Gasteiger partial charge in [-0.1, -0.05) is 0 Å². The van der Waals surface area contributed by atoms with Gasteiger partial charge in [-0.15, -0.1) is 12.3 Å². The normalized spacial score (nSPS) is 10.0. The maximum atomic E-state index is 5.46. The Hall–Kier alpha value is -1.76. The summed E-state index contributed by atoms with van der Waals surface area (Å²) < 4.78 is 5.46. The second-order valence-electron chi connectivity index (χ2n) is 4.00. The average molecular weight is 233 g/mol. The van der Waals surface area contributed by atoms with Crippen molar-refractivity contribution < 1.29 is 4.74 Å². The predicted octanol–water partition coefficient (Wildman–Crippen LogP) is 2.48. The van der Waals surface area contributed by atoms with Crippen molar-refractivity contribution in [2.24, 2.45) is 0 Å². The summed E-state index contributed by atoms with van der Waals surface area (Å²) in [7, 11) is 0. The predicted molar refractivity (Wildman–Crippen MR) is 69.0 cm³/mol. The Bertz CT molecular complexity index is 371. The number of ether oxygens (including phenoxy) is 1. The molecule has 0 spiro atoms. The fourth-order valence-electron chi connectivity index (χ4n) is 1.30. The Morgan fingerprint density at radius 3 is 2.94 bits per heavy atom. The van der Waals surface area contributed by atoms with Gasteiger partial charge in [-0.25, -0.2) is 0 Å². The van der Waals surface area contributed by atoms with Gasteiger partial charge >= 0.3 is 0 Å². The number of aromatic nitrogens is 2. The van der Waals surface area contributed by atoms with Crippen molar-refractivity contribution in [2.75, 3.05) is 11.9 Å². The molecule has 92 valence electrons. The third-order valence-electron chi connectivity index (χ3n) is 2.02. The lowest BCUT2D eigenvalue weighted by Gasteiger charge is -2.09. The van der Waals surface area contributed by atoms with E-state index in [1.54, 1.807) is 12.4 Å². The van der Waals surface area contributed by atoms with Crippen molar-refractivity contribution in [3.8, 4) is 18.2 Å². The summed E-state index contributed by atoms with van der Waals surface area (Å²) >= 11 is 0. The van der Waals surface area contributed by atoms with Crippen LogP contribution in [-0.2, 0) is 0 Å². The summed E-state index contributed by atoms with van der Waals surface area (Å²) in [6, 6.07) is 0. The van der Waals surface area contributed by atoms with Gasteiger partial charge in [0.05, 0.1) is 18.5 Å². The van der Waals surface area contributed by atoms with Crippen LogP contribution in [0.25, 0.3) is 0 Å². The number of hydrogen-bond donors (Lipinski definition) is 1. The van der Waals surface area contributed by atoms with Crippen molar-refractivity contribution in [3.63, 3.8) is 0 Å². The monoisotopic (exact) mass is 233 g/mol. The minimum atomic E-state index is 0.107. The van der Waals surface area contributed by atoms with E-state index in [4.69, 9.17) is 11.2 Å². The highest BCUT2D eigenvalue weighted by Gasteiger charge is 2.01. The molecule has 0 saturated heterocycles. The van der Waals surface area contributed by atoms with Gasteiger partial charge in [0, 0.05) is 13.0 Å². The molecule has 4 nitrogen and oxygen atoms in total. The molecule has 0 aromatic carbocycles. The molecule has 0 aliphatic rings. The Morgan fingerprint density at radius 2 is 2.24 bits per heavy atom. The Labute approximate surface area is 103 Å². The van der Waals surface area contributed by atoms with E-state index in [-0.39, 0.29) is 6.10 Å². The fourth-order valence-corrected chi connectivity index (χ4v) is 1.30. The quantitative estimate of drug-likeness (QED) is 0.580. The number of unbranched alkanes of at least 4 members (excludes halogenated alkanes) is 2. The molecule has 4 heteroatoms.